The smallest absolute Gasteiger partial charge is 0.405 e. The summed E-state index contributed by atoms with van der Waals surface area (Å²) in [4.78, 5) is 27.8. The van der Waals surface area contributed by atoms with Crippen molar-refractivity contribution < 1.29 is 9.90 Å². The van der Waals surface area contributed by atoms with Gasteiger partial charge < -0.3 is 15.3 Å². The molecule has 1 unspecified atom stereocenters. The zero-order valence-electron chi connectivity index (χ0n) is 19.3. The minimum Gasteiger partial charge on any atom is -0.465 e. The number of benzene rings is 1. The Bertz CT molecular complexity index is 1340. The van der Waals surface area contributed by atoms with Crippen LogP contribution in [0.25, 0.3) is 21.5 Å². The first-order valence-corrected chi connectivity index (χ1v) is 12.8. The van der Waals surface area contributed by atoms with Gasteiger partial charge in [0.2, 0.25) is 0 Å². The molecule has 180 valence electrons. The van der Waals surface area contributed by atoms with Crippen LogP contribution in [0.15, 0.2) is 60.2 Å². The number of carboxylic acid groups (broad SMARTS) is 1. The Balaban J connectivity index is 1.30. The molecular weight excluding hydrogens is 482 g/mol. The topological polar surface area (TPSA) is 91.2 Å². The fraction of sp³-hybridized carbons (Fsp3) is 0.308. The van der Waals surface area contributed by atoms with Crippen molar-refractivity contribution in [3.63, 3.8) is 0 Å². The summed E-state index contributed by atoms with van der Waals surface area (Å²) in [5.74, 6) is 1.12. The van der Waals surface area contributed by atoms with Crippen molar-refractivity contribution in [2.24, 2.45) is 5.92 Å². The van der Waals surface area contributed by atoms with Crippen molar-refractivity contribution in [2.75, 3.05) is 18.0 Å². The molecule has 4 aromatic rings. The van der Waals surface area contributed by atoms with E-state index < -0.39 is 11.6 Å². The summed E-state index contributed by atoms with van der Waals surface area (Å²) >= 11 is 7.66. The van der Waals surface area contributed by atoms with Crippen LogP contribution < -0.4 is 10.2 Å². The lowest BCUT2D eigenvalue weighted by atomic mass is 9.76. The molecular formula is C26H26ClN5O2S. The van der Waals surface area contributed by atoms with E-state index in [4.69, 9.17) is 21.6 Å². The standard InChI is InChI=1S/C26H26ClN5O2S/c1-26(31-25(33)34,14-21-16-35-24(29-21)18-3-2-10-28-15-18)19-8-11-32(12-9-19)23-7-4-17-13-20(27)5-6-22(17)30-23/h2-7,10,13,15-16,19,31H,8-9,11-12,14H2,1H3,(H,33,34). The van der Waals surface area contributed by atoms with Gasteiger partial charge in [-0.15, -0.1) is 11.3 Å². The van der Waals surface area contributed by atoms with Crippen molar-refractivity contribution in [1.82, 2.24) is 20.3 Å². The SMILES string of the molecule is CC(Cc1csc(-c2cccnc2)n1)(NC(=O)O)C1CCN(c2ccc3cc(Cl)ccc3n2)CC1. The molecule has 0 spiro atoms. The number of halogens is 1. The molecule has 4 heterocycles. The molecule has 1 amide bonds. The van der Waals surface area contributed by atoms with Gasteiger partial charge in [-0.3, -0.25) is 4.98 Å². The minimum atomic E-state index is -1.01. The number of pyridine rings is 2. The van der Waals surface area contributed by atoms with Gasteiger partial charge in [0.1, 0.15) is 10.8 Å². The van der Waals surface area contributed by atoms with Crippen LogP contribution in [-0.4, -0.2) is 44.8 Å². The quantitative estimate of drug-likeness (QED) is 0.338. The molecule has 0 aliphatic carbocycles. The largest absolute Gasteiger partial charge is 0.465 e. The first kappa shape index (κ1) is 23.5. The number of thiazole rings is 1. The van der Waals surface area contributed by atoms with Crippen LogP contribution in [0, 0.1) is 5.92 Å². The highest BCUT2D eigenvalue weighted by molar-refractivity contribution is 7.13. The van der Waals surface area contributed by atoms with Crippen molar-refractivity contribution in [3.8, 4) is 10.6 Å². The Morgan fingerprint density at radius 3 is 2.80 bits per heavy atom. The van der Waals surface area contributed by atoms with E-state index in [-0.39, 0.29) is 5.92 Å². The summed E-state index contributed by atoms with van der Waals surface area (Å²) < 4.78 is 0. The van der Waals surface area contributed by atoms with Gasteiger partial charge in [0, 0.05) is 58.8 Å². The molecule has 1 aromatic carbocycles. The van der Waals surface area contributed by atoms with Gasteiger partial charge in [0.25, 0.3) is 0 Å². The minimum absolute atomic E-state index is 0.178. The lowest BCUT2D eigenvalue weighted by Crippen LogP contribution is -2.55. The molecule has 2 N–H and O–H groups in total. The van der Waals surface area contributed by atoms with Crippen LogP contribution in [0.3, 0.4) is 0 Å². The Morgan fingerprint density at radius 1 is 1.23 bits per heavy atom. The van der Waals surface area contributed by atoms with E-state index in [2.05, 4.69) is 15.2 Å². The Hall–Kier alpha value is -3.23. The number of nitrogens with one attached hydrogen (secondary N) is 1. The zero-order valence-corrected chi connectivity index (χ0v) is 20.9. The molecule has 3 aromatic heterocycles. The van der Waals surface area contributed by atoms with Crippen molar-refractivity contribution in [3.05, 3.63) is 71.0 Å². The number of amides is 1. The summed E-state index contributed by atoms with van der Waals surface area (Å²) in [5.41, 5.74) is 2.16. The summed E-state index contributed by atoms with van der Waals surface area (Å²) in [5, 5.41) is 17.1. The van der Waals surface area contributed by atoms with Gasteiger partial charge in [0.05, 0.1) is 11.2 Å². The van der Waals surface area contributed by atoms with Gasteiger partial charge in [-0.05, 0) is 68.1 Å². The molecule has 35 heavy (non-hydrogen) atoms. The summed E-state index contributed by atoms with van der Waals surface area (Å²) in [6.45, 7) is 3.62. The van der Waals surface area contributed by atoms with Crippen molar-refractivity contribution >= 4 is 45.8 Å². The number of carbonyl (C=O) groups is 1. The maximum Gasteiger partial charge on any atom is 0.405 e. The maximum absolute atomic E-state index is 11.7. The van der Waals surface area contributed by atoms with Gasteiger partial charge in [-0.25, -0.2) is 14.8 Å². The predicted molar refractivity (Wildman–Crippen MR) is 140 cm³/mol. The number of aromatic nitrogens is 3. The van der Waals surface area contributed by atoms with Gasteiger partial charge in [-0.1, -0.05) is 11.6 Å². The van der Waals surface area contributed by atoms with E-state index in [1.807, 2.05) is 54.8 Å². The summed E-state index contributed by atoms with van der Waals surface area (Å²) in [6, 6.07) is 13.7. The van der Waals surface area contributed by atoms with Crippen molar-refractivity contribution in [2.45, 2.75) is 31.7 Å². The fourth-order valence-electron chi connectivity index (χ4n) is 4.93. The third-order valence-corrected chi connectivity index (χ3v) is 7.93. The van der Waals surface area contributed by atoms with Crippen molar-refractivity contribution in [1.29, 1.82) is 0 Å². The number of fused-ring (bicyclic) bond motifs is 1. The van der Waals surface area contributed by atoms with Crippen LogP contribution in [0.2, 0.25) is 5.02 Å². The first-order valence-electron chi connectivity index (χ1n) is 11.6. The second-order valence-electron chi connectivity index (χ2n) is 9.18. The van der Waals surface area contributed by atoms with E-state index in [9.17, 15) is 9.90 Å². The summed E-state index contributed by atoms with van der Waals surface area (Å²) in [6.07, 6.45) is 4.78. The highest BCUT2D eigenvalue weighted by atomic mass is 35.5. The Labute approximate surface area is 212 Å². The third-order valence-electron chi connectivity index (χ3n) is 6.76. The second-order valence-corrected chi connectivity index (χ2v) is 10.5. The maximum atomic E-state index is 11.7. The molecule has 1 aliphatic rings. The molecule has 0 bridgehead atoms. The fourth-order valence-corrected chi connectivity index (χ4v) is 5.92. The molecule has 0 saturated carbocycles. The van der Waals surface area contributed by atoms with E-state index in [1.54, 1.807) is 23.7 Å². The normalized spacial score (nSPS) is 16.2. The van der Waals surface area contributed by atoms with Crippen LogP contribution in [0.5, 0.6) is 0 Å². The average Bonchev–Trinajstić information content (AvgIpc) is 3.32. The molecule has 1 fully saturated rings. The van der Waals surface area contributed by atoms with Crippen LogP contribution in [0.1, 0.15) is 25.5 Å². The third kappa shape index (κ3) is 5.23. The van der Waals surface area contributed by atoms with Gasteiger partial charge in [0.15, 0.2) is 0 Å². The molecule has 9 heteroatoms. The van der Waals surface area contributed by atoms with Gasteiger partial charge in [-0.2, -0.15) is 0 Å². The number of hydrogen-bond donors (Lipinski definition) is 2. The Kier molecular flexibility index (Phi) is 6.58. The molecule has 1 aliphatic heterocycles. The molecule has 7 nitrogen and oxygen atoms in total. The average molecular weight is 508 g/mol. The molecule has 1 atom stereocenters. The lowest BCUT2D eigenvalue weighted by Gasteiger charge is -2.42. The number of rotatable bonds is 6. The van der Waals surface area contributed by atoms with Crippen LogP contribution in [0.4, 0.5) is 10.6 Å². The number of nitrogens with zero attached hydrogens (tertiary/aromatic N) is 4. The number of piperidine rings is 1. The molecule has 5 rings (SSSR count). The van der Waals surface area contributed by atoms with E-state index in [0.717, 1.165) is 58.9 Å². The molecule has 1 saturated heterocycles. The number of anilines is 1. The zero-order chi connectivity index (χ0) is 24.4. The van der Waals surface area contributed by atoms with Crippen LogP contribution >= 0.6 is 22.9 Å². The monoisotopic (exact) mass is 507 g/mol. The van der Waals surface area contributed by atoms with E-state index >= 15 is 0 Å². The first-order chi connectivity index (χ1) is 16.9. The molecule has 0 radical (unpaired) electrons. The van der Waals surface area contributed by atoms with Gasteiger partial charge >= 0.3 is 6.09 Å². The van der Waals surface area contributed by atoms with E-state index in [1.165, 1.54) is 0 Å². The second kappa shape index (κ2) is 9.79. The highest BCUT2D eigenvalue weighted by Crippen LogP contribution is 2.34. The van der Waals surface area contributed by atoms with Crippen LogP contribution in [-0.2, 0) is 6.42 Å². The van der Waals surface area contributed by atoms with E-state index in [0.29, 0.717) is 11.4 Å². The predicted octanol–water partition coefficient (Wildman–Crippen LogP) is 5.89. The lowest BCUT2D eigenvalue weighted by molar-refractivity contribution is 0.150. The summed E-state index contributed by atoms with van der Waals surface area (Å²) in [7, 11) is 0. The number of hydrogen-bond acceptors (Lipinski definition) is 6. The highest BCUT2D eigenvalue weighted by Gasteiger charge is 2.38. The Morgan fingerprint density at radius 2 is 2.06 bits per heavy atom.